The van der Waals surface area contributed by atoms with Gasteiger partial charge in [-0.2, -0.15) is 0 Å². The second kappa shape index (κ2) is 9.54. The van der Waals surface area contributed by atoms with E-state index in [2.05, 4.69) is 15.6 Å². The Bertz CT molecular complexity index is 960. The van der Waals surface area contributed by atoms with Gasteiger partial charge in [0, 0.05) is 12.6 Å². The maximum Gasteiger partial charge on any atom is 0.269 e. The van der Waals surface area contributed by atoms with Crippen molar-refractivity contribution in [2.45, 2.75) is 6.42 Å². The van der Waals surface area contributed by atoms with Crippen LogP contribution in [-0.4, -0.2) is 31.7 Å². The van der Waals surface area contributed by atoms with E-state index < -0.39 is 0 Å². The Labute approximate surface area is 168 Å². The molecule has 0 aliphatic rings. The number of nitrogens with one attached hydrogen (secondary N) is 2. The smallest absolute Gasteiger partial charge is 0.269 e. The Kier molecular flexibility index (Phi) is 6.63. The van der Waals surface area contributed by atoms with Crippen molar-refractivity contribution in [2.24, 2.45) is 0 Å². The summed E-state index contributed by atoms with van der Waals surface area (Å²) < 4.78 is 23.5. The monoisotopic (exact) mass is 395 g/mol. The summed E-state index contributed by atoms with van der Waals surface area (Å²) >= 11 is 0. The van der Waals surface area contributed by atoms with Crippen LogP contribution in [0.1, 0.15) is 16.1 Å². The highest BCUT2D eigenvalue weighted by Gasteiger charge is 2.09. The van der Waals surface area contributed by atoms with Crippen LogP contribution in [-0.2, 0) is 6.42 Å². The molecule has 3 aromatic rings. The number of aromatic nitrogens is 1. The number of benzene rings is 2. The van der Waals surface area contributed by atoms with E-state index in [1.807, 2.05) is 12.1 Å². The fourth-order valence-electron chi connectivity index (χ4n) is 2.72. The Balaban J connectivity index is 1.56. The predicted octanol–water partition coefficient (Wildman–Crippen LogP) is 3.95. The van der Waals surface area contributed by atoms with Crippen LogP contribution in [0.25, 0.3) is 0 Å². The van der Waals surface area contributed by atoms with Crippen LogP contribution in [0, 0.1) is 5.82 Å². The van der Waals surface area contributed by atoms with Crippen molar-refractivity contribution in [3.8, 4) is 11.5 Å². The van der Waals surface area contributed by atoms with Gasteiger partial charge < -0.3 is 20.1 Å². The maximum atomic E-state index is 12.9. The van der Waals surface area contributed by atoms with Crippen LogP contribution in [0.4, 0.5) is 15.8 Å². The van der Waals surface area contributed by atoms with E-state index in [9.17, 15) is 9.18 Å². The van der Waals surface area contributed by atoms with E-state index in [4.69, 9.17) is 9.47 Å². The minimum absolute atomic E-state index is 0.263. The highest BCUT2D eigenvalue weighted by atomic mass is 19.1. The lowest BCUT2D eigenvalue weighted by atomic mass is 10.1. The molecule has 0 atom stereocenters. The summed E-state index contributed by atoms with van der Waals surface area (Å²) in [6.45, 7) is 0.440. The van der Waals surface area contributed by atoms with E-state index in [0.717, 1.165) is 16.9 Å². The molecule has 2 N–H and O–H groups in total. The molecule has 1 heterocycles. The van der Waals surface area contributed by atoms with Gasteiger partial charge in [0.2, 0.25) is 0 Å². The van der Waals surface area contributed by atoms with Gasteiger partial charge in [0.05, 0.1) is 31.8 Å². The van der Waals surface area contributed by atoms with E-state index >= 15 is 0 Å². The zero-order valence-corrected chi connectivity index (χ0v) is 16.2. The molecular formula is C22H22FN3O3. The molecule has 1 aromatic heterocycles. The third kappa shape index (κ3) is 5.44. The zero-order chi connectivity index (χ0) is 20.6. The van der Waals surface area contributed by atoms with Crippen LogP contribution >= 0.6 is 0 Å². The third-order valence-corrected chi connectivity index (χ3v) is 4.30. The average molecular weight is 395 g/mol. The van der Waals surface area contributed by atoms with Crippen molar-refractivity contribution in [1.82, 2.24) is 10.3 Å². The molecule has 7 heteroatoms. The third-order valence-electron chi connectivity index (χ3n) is 4.30. The Morgan fingerprint density at radius 2 is 1.83 bits per heavy atom. The van der Waals surface area contributed by atoms with Crippen LogP contribution < -0.4 is 20.1 Å². The fourth-order valence-corrected chi connectivity index (χ4v) is 2.72. The number of rotatable bonds is 8. The first-order valence-corrected chi connectivity index (χ1v) is 9.07. The van der Waals surface area contributed by atoms with Gasteiger partial charge in [-0.25, -0.2) is 9.37 Å². The highest BCUT2D eigenvalue weighted by Crippen LogP contribution is 2.31. The first-order chi connectivity index (χ1) is 14.1. The van der Waals surface area contributed by atoms with Crippen molar-refractivity contribution in [1.29, 1.82) is 0 Å². The molecule has 0 saturated carbocycles. The molecule has 0 spiro atoms. The molecular weight excluding hydrogens is 373 g/mol. The molecule has 0 saturated heterocycles. The first kappa shape index (κ1) is 20.1. The van der Waals surface area contributed by atoms with Crippen LogP contribution in [0.2, 0.25) is 0 Å². The summed E-state index contributed by atoms with van der Waals surface area (Å²) in [5.74, 6) is 0.786. The van der Waals surface area contributed by atoms with Crippen molar-refractivity contribution in [2.75, 3.05) is 26.1 Å². The van der Waals surface area contributed by atoms with Gasteiger partial charge >= 0.3 is 0 Å². The molecule has 0 fully saturated rings. The van der Waals surface area contributed by atoms with E-state index in [-0.39, 0.29) is 11.7 Å². The number of carbonyl (C=O) groups is 1. The summed E-state index contributed by atoms with van der Waals surface area (Å²) in [6.07, 6.45) is 2.20. The second-order valence-electron chi connectivity index (χ2n) is 6.26. The van der Waals surface area contributed by atoms with Crippen LogP contribution in [0.5, 0.6) is 11.5 Å². The average Bonchev–Trinajstić information content (AvgIpc) is 2.76. The number of halogens is 1. The lowest BCUT2D eigenvalue weighted by Crippen LogP contribution is -2.26. The Hall–Kier alpha value is -3.61. The summed E-state index contributed by atoms with van der Waals surface area (Å²) in [4.78, 5) is 16.5. The van der Waals surface area contributed by atoms with E-state index in [1.165, 1.54) is 12.1 Å². The second-order valence-corrected chi connectivity index (χ2v) is 6.26. The minimum Gasteiger partial charge on any atom is -0.497 e. The summed E-state index contributed by atoms with van der Waals surface area (Å²) in [5, 5.41) is 6.02. The van der Waals surface area contributed by atoms with Gasteiger partial charge in [-0.3, -0.25) is 4.79 Å². The molecule has 0 bridgehead atoms. The number of pyridine rings is 1. The van der Waals surface area contributed by atoms with Crippen molar-refractivity contribution < 1.29 is 18.7 Å². The first-order valence-electron chi connectivity index (χ1n) is 9.07. The fraction of sp³-hybridized carbons (Fsp3) is 0.182. The molecule has 29 heavy (non-hydrogen) atoms. The number of carbonyl (C=O) groups excluding carboxylic acids is 1. The summed E-state index contributed by atoms with van der Waals surface area (Å²) in [6, 6.07) is 15.1. The van der Waals surface area contributed by atoms with Crippen molar-refractivity contribution >= 4 is 17.3 Å². The Morgan fingerprint density at radius 1 is 1.03 bits per heavy atom. The molecule has 3 rings (SSSR count). The number of nitrogens with zero attached hydrogens (tertiary/aromatic N) is 1. The molecule has 1 amide bonds. The highest BCUT2D eigenvalue weighted by molar-refractivity contribution is 5.92. The largest absolute Gasteiger partial charge is 0.497 e. The molecule has 0 aliphatic carbocycles. The number of ether oxygens (including phenoxy) is 2. The normalized spacial score (nSPS) is 10.3. The number of hydrogen-bond donors (Lipinski definition) is 2. The number of methoxy groups -OCH3 is 2. The lowest BCUT2D eigenvalue weighted by molar-refractivity contribution is 0.0949. The molecule has 0 unspecified atom stereocenters. The molecule has 150 valence electrons. The summed E-state index contributed by atoms with van der Waals surface area (Å²) in [5.41, 5.74) is 2.74. The molecule has 0 aliphatic heterocycles. The number of amides is 1. The lowest BCUT2D eigenvalue weighted by Gasteiger charge is -2.12. The van der Waals surface area contributed by atoms with Crippen LogP contribution in [0.15, 0.2) is 60.8 Å². The Morgan fingerprint density at radius 3 is 2.48 bits per heavy atom. The van der Waals surface area contributed by atoms with Crippen molar-refractivity contribution in [3.05, 3.63) is 77.9 Å². The predicted molar refractivity (Wildman–Crippen MR) is 110 cm³/mol. The van der Waals surface area contributed by atoms with Crippen LogP contribution in [0.3, 0.4) is 0 Å². The molecule has 2 aromatic carbocycles. The van der Waals surface area contributed by atoms with Gasteiger partial charge in [-0.1, -0.05) is 12.1 Å². The van der Waals surface area contributed by atoms with Gasteiger partial charge in [0.25, 0.3) is 5.91 Å². The van der Waals surface area contributed by atoms with Crippen molar-refractivity contribution in [3.63, 3.8) is 0 Å². The molecule has 6 nitrogen and oxygen atoms in total. The topological polar surface area (TPSA) is 72.5 Å². The minimum atomic E-state index is -0.275. The molecule has 0 radical (unpaired) electrons. The van der Waals surface area contributed by atoms with E-state index in [0.29, 0.717) is 30.2 Å². The van der Waals surface area contributed by atoms with Gasteiger partial charge in [0.15, 0.2) is 0 Å². The standard InChI is InChI=1S/C22H22FN3O3/c1-28-18-8-10-19(21(13-18)29-2)26-17-7-9-20(25-14-17)22(27)24-12-11-15-3-5-16(23)6-4-15/h3-10,13-14,26H,11-12H2,1-2H3,(H,24,27). The summed E-state index contributed by atoms with van der Waals surface area (Å²) in [7, 11) is 3.17. The maximum absolute atomic E-state index is 12.9. The van der Waals surface area contributed by atoms with Gasteiger partial charge in [-0.15, -0.1) is 0 Å². The zero-order valence-electron chi connectivity index (χ0n) is 16.2. The number of anilines is 2. The SMILES string of the molecule is COc1ccc(Nc2ccc(C(=O)NCCc3ccc(F)cc3)nc2)c(OC)c1. The number of hydrogen-bond acceptors (Lipinski definition) is 5. The quantitative estimate of drug-likeness (QED) is 0.604. The van der Waals surface area contributed by atoms with E-state index in [1.54, 1.807) is 50.7 Å². The van der Waals surface area contributed by atoms with Gasteiger partial charge in [0.1, 0.15) is 23.0 Å². The van der Waals surface area contributed by atoms with Gasteiger partial charge in [-0.05, 0) is 48.4 Å².